The molecule has 7 saturated carbocycles. The van der Waals surface area contributed by atoms with Gasteiger partial charge in [-0.25, -0.2) is 4.79 Å². The minimum Gasteiger partial charge on any atom is -0.463 e. The SMILES string of the molecule is COC1CCC(C(C)(C2CCC(OC(=O)COC3CCC(C(C)(C)C4CCC(OC(C)=O)CC4)CC3)CC2)C2CCC(N(C3CCC(C)CC3)C3CCC(C)CC3)CC2)CC1. The smallest absolute Gasteiger partial charge is 0.332 e. The Bertz CT molecular complexity index is 1310. The number of hydrogen-bond acceptors (Lipinski definition) is 7. The van der Waals surface area contributed by atoms with E-state index in [2.05, 4.69) is 39.5 Å². The van der Waals surface area contributed by atoms with E-state index < -0.39 is 0 Å². The lowest BCUT2D eigenvalue weighted by Gasteiger charge is -2.56. The van der Waals surface area contributed by atoms with Crippen molar-refractivity contribution >= 4 is 11.9 Å². The average molecular weight is 852 g/mol. The van der Waals surface area contributed by atoms with Crippen LogP contribution in [-0.2, 0) is 28.5 Å². The normalized spacial score (nSPS) is 40.5. The summed E-state index contributed by atoms with van der Waals surface area (Å²) in [6.07, 6.45) is 35.8. The van der Waals surface area contributed by atoms with Crippen molar-refractivity contribution in [3.8, 4) is 0 Å². The van der Waals surface area contributed by atoms with E-state index in [0.29, 0.717) is 29.3 Å². The van der Waals surface area contributed by atoms with Gasteiger partial charge in [-0.1, -0.05) is 34.6 Å². The molecule has 350 valence electrons. The number of carbonyl (C=O) groups is 2. The lowest BCUT2D eigenvalue weighted by atomic mass is 9.52. The Morgan fingerprint density at radius 1 is 0.459 bits per heavy atom. The second-order valence-electron chi connectivity index (χ2n) is 23.5. The third-order valence-electron chi connectivity index (χ3n) is 19.8. The summed E-state index contributed by atoms with van der Waals surface area (Å²) in [6, 6.07) is 2.42. The van der Waals surface area contributed by atoms with E-state index in [-0.39, 0.29) is 42.3 Å². The molecule has 7 rings (SSSR count). The molecule has 7 fully saturated rings. The van der Waals surface area contributed by atoms with Gasteiger partial charge >= 0.3 is 11.9 Å². The summed E-state index contributed by atoms with van der Waals surface area (Å²) in [5.41, 5.74) is 0.620. The molecule has 0 aromatic heterocycles. The maximum Gasteiger partial charge on any atom is 0.332 e. The summed E-state index contributed by atoms with van der Waals surface area (Å²) in [5, 5.41) is 0. The molecule has 0 aliphatic heterocycles. The summed E-state index contributed by atoms with van der Waals surface area (Å²) < 4.78 is 23.9. The molecule has 7 heteroatoms. The fourth-order valence-corrected chi connectivity index (χ4v) is 15.6. The molecule has 61 heavy (non-hydrogen) atoms. The van der Waals surface area contributed by atoms with Crippen molar-refractivity contribution in [3.05, 3.63) is 0 Å². The van der Waals surface area contributed by atoms with Crippen LogP contribution in [0.3, 0.4) is 0 Å². The fourth-order valence-electron chi connectivity index (χ4n) is 15.6. The van der Waals surface area contributed by atoms with Crippen LogP contribution < -0.4 is 0 Å². The molecule has 0 N–H and O–H groups in total. The van der Waals surface area contributed by atoms with Crippen molar-refractivity contribution in [2.45, 2.75) is 264 Å². The predicted molar refractivity (Wildman–Crippen MR) is 246 cm³/mol. The summed E-state index contributed by atoms with van der Waals surface area (Å²) in [6.45, 7) is 14.3. The van der Waals surface area contributed by atoms with E-state index in [9.17, 15) is 9.59 Å². The number of carbonyl (C=O) groups excluding carboxylic acids is 2. The first-order chi connectivity index (χ1) is 29.3. The third-order valence-corrected chi connectivity index (χ3v) is 19.8. The topological polar surface area (TPSA) is 74.3 Å². The van der Waals surface area contributed by atoms with Gasteiger partial charge in [0.05, 0.1) is 12.2 Å². The van der Waals surface area contributed by atoms with Crippen LogP contribution in [0.1, 0.15) is 221 Å². The first-order valence-corrected chi connectivity index (χ1v) is 26.6. The third kappa shape index (κ3) is 12.0. The number of methoxy groups -OCH3 is 1. The highest BCUT2D eigenvalue weighted by Gasteiger charge is 2.50. The first-order valence-electron chi connectivity index (χ1n) is 26.6. The quantitative estimate of drug-likeness (QED) is 0.161. The zero-order chi connectivity index (χ0) is 43.1. The van der Waals surface area contributed by atoms with Gasteiger partial charge in [0.1, 0.15) is 18.8 Å². The van der Waals surface area contributed by atoms with Gasteiger partial charge in [0.15, 0.2) is 0 Å². The van der Waals surface area contributed by atoms with Gasteiger partial charge in [-0.3, -0.25) is 9.69 Å². The summed E-state index contributed by atoms with van der Waals surface area (Å²) in [4.78, 5) is 27.9. The van der Waals surface area contributed by atoms with Gasteiger partial charge in [-0.05, 0) is 232 Å². The molecule has 1 atom stereocenters. The van der Waals surface area contributed by atoms with Crippen molar-refractivity contribution in [1.29, 1.82) is 0 Å². The second kappa shape index (κ2) is 21.9. The van der Waals surface area contributed by atoms with E-state index in [4.69, 9.17) is 18.9 Å². The molecular weight excluding hydrogens is 759 g/mol. The van der Waals surface area contributed by atoms with Crippen molar-refractivity contribution in [2.75, 3.05) is 13.7 Å². The lowest BCUT2D eigenvalue weighted by molar-refractivity contribution is -0.161. The molecule has 0 aromatic rings. The van der Waals surface area contributed by atoms with Gasteiger partial charge in [0.2, 0.25) is 0 Å². The van der Waals surface area contributed by atoms with Crippen molar-refractivity contribution < 1.29 is 28.5 Å². The Hall–Kier alpha value is -1.18. The van der Waals surface area contributed by atoms with Gasteiger partial charge in [-0.2, -0.15) is 0 Å². The van der Waals surface area contributed by atoms with Gasteiger partial charge in [0.25, 0.3) is 0 Å². The van der Waals surface area contributed by atoms with E-state index in [1.54, 1.807) is 0 Å². The lowest BCUT2D eigenvalue weighted by Crippen LogP contribution is -2.54. The van der Waals surface area contributed by atoms with Crippen LogP contribution in [0.25, 0.3) is 0 Å². The monoisotopic (exact) mass is 852 g/mol. The Morgan fingerprint density at radius 2 is 0.803 bits per heavy atom. The summed E-state index contributed by atoms with van der Waals surface area (Å²) in [7, 11) is 1.92. The number of esters is 2. The predicted octanol–water partition coefficient (Wildman–Crippen LogP) is 13.0. The van der Waals surface area contributed by atoms with Crippen molar-refractivity contribution in [3.63, 3.8) is 0 Å². The van der Waals surface area contributed by atoms with Crippen LogP contribution in [0.2, 0.25) is 0 Å². The number of hydrogen-bond donors (Lipinski definition) is 0. The molecule has 7 nitrogen and oxygen atoms in total. The first kappa shape index (κ1) is 47.8. The molecule has 0 amide bonds. The molecule has 7 aliphatic rings. The minimum absolute atomic E-state index is 0.0361. The van der Waals surface area contributed by atoms with E-state index >= 15 is 0 Å². The minimum atomic E-state index is -0.154. The number of nitrogens with zero attached hydrogens (tertiary/aromatic N) is 1. The molecular formula is C54H93NO6. The molecule has 0 radical (unpaired) electrons. The average Bonchev–Trinajstić information content (AvgIpc) is 3.27. The van der Waals surface area contributed by atoms with Crippen LogP contribution >= 0.6 is 0 Å². The largest absolute Gasteiger partial charge is 0.463 e. The second-order valence-corrected chi connectivity index (χ2v) is 23.5. The number of ether oxygens (including phenoxy) is 4. The highest BCUT2D eigenvalue weighted by atomic mass is 16.6. The highest BCUT2D eigenvalue weighted by molar-refractivity contribution is 5.71. The Morgan fingerprint density at radius 3 is 1.21 bits per heavy atom. The van der Waals surface area contributed by atoms with Crippen LogP contribution in [0.5, 0.6) is 0 Å². The Balaban J connectivity index is 0.885. The molecule has 0 bridgehead atoms. The highest BCUT2D eigenvalue weighted by Crippen LogP contribution is 2.57. The van der Waals surface area contributed by atoms with Crippen LogP contribution in [0, 0.1) is 52.3 Å². The molecule has 0 spiro atoms. The summed E-state index contributed by atoms with van der Waals surface area (Å²) >= 11 is 0. The molecule has 7 aliphatic carbocycles. The van der Waals surface area contributed by atoms with Gasteiger partial charge in [-0.15, -0.1) is 0 Å². The zero-order valence-electron chi connectivity index (χ0n) is 40.5. The molecule has 0 saturated heterocycles. The van der Waals surface area contributed by atoms with Gasteiger partial charge < -0.3 is 18.9 Å². The van der Waals surface area contributed by atoms with E-state index in [0.717, 1.165) is 106 Å². The van der Waals surface area contributed by atoms with E-state index in [1.807, 2.05) is 7.11 Å². The van der Waals surface area contributed by atoms with Crippen LogP contribution in [-0.4, -0.2) is 73.1 Å². The maximum atomic E-state index is 13.3. The van der Waals surface area contributed by atoms with Crippen molar-refractivity contribution in [1.82, 2.24) is 4.90 Å². The van der Waals surface area contributed by atoms with Gasteiger partial charge in [0, 0.05) is 32.2 Å². The molecule has 0 heterocycles. The number of rotatable bonds is 14. The fraction of sp³-hybridized carbons (Fsp3) is 0.963. The molecule has 0 aromatic carbocycles. The molecule has 1 unspecified atom stereocenters. The van der Waals surface area contributed by atoms with Crippen LogP contribution in [0.15, 0.2) is 0 Å². The summed E-state index contributed by atoms with van der Waals surface area (Å²) in [5.74, 6) is 5.15. The van der Waals surface area contributed by atoms with Crippen molar-refractivity contribution in [2.24, 2.45) is 52.3 Å². The Labute approximate surface area is 374 Å². The van der Waals surface area contributed by atoms with Crippen LogP contribution in [0.4, 0.5) is 0 Å². The van der Waals surface area contributed by atoms with E-state index in [1.165, 1.54) is 122 Å². The standard InChI is InChI=1S/C54H93NO6/c1-37-8-22-45(23-9-37)55(46-24-10-38(2)11-25-46)47-26-12-42(13-27-47)54(6,43-18-28-48(58-7)29-19-43)44-20-34-51(35-21-44)61-52(57)36-59-49-30-14-40(15-31-49)53(4,5)41-16-32-50(33-17-41)60-39(3)56/h37-38,40-51H,8-36H2,1-7H3. The Kier molecular flexibility index (Phi) is 17.1. The maximum absolute atomic E-state index is 13.3. The zero-order valence-corrected chi connectivity index (χ0v) is 40.5.